The number of rotatable bonds is 2. The molecule has 0 spiro atoms. The van der Waals surface area contributed by atoms with Crippen molar-refractivity contribution in [2.24, 2.45) is 5.92 Å². The van der Waals surface area contributed by atoms with Crippen LogP contribution in [0.25, 0.3) is 0 Å². The van der Waals surface area contributed by atoms with Crippen LogP contribution >= 0.6 is 23.2 Å². The van der Waals surface area contributed by atoms with Gasteiger partial charge in [-0.25, -0.2) is 0 Å². The van der Waals surface area contributed by atoms with E-state index in [0.29, 0.717) is 16.0 Å². The first-order chi connectivity index (χ1) is 6.66. The quantitative estimate of drug-likeness (QED) is 0.820. The van der Waals surface area contributed by atoms with Gasteiger partial charge in [0, 0.05) is 10.0 Å². The maximum absolute atomic E-state index is 9.97. The van der Waals surface area contributed by atoms with E-state index < -0.39 is 6.10 Å². The Morgan fingerprint density at radius 1 is 1.14 bits per heavy atom. The summed E-state index contributed by atoms with van der Waals surface area (Å²) in [5.74, 6) is 0.393. The second kappa shape index (κ2) is 4.09. The van der Waals surface area contributed by atoms with Gasteiger partial charge in [0.25, 0.3) is 0 Å². The normalized spacial score (nSPS) is 19.1. The van der Waals surface area contributed by atoms with Gasteiger partial charge in [-0.1, -0.05) is 29.6 Å². The molecule has 1 unspecified atom stereocenters. The van der Waals surface area contributed by atoms with Crippen LogP contribution in [0, 0.1) is 5.92 Å². The molecule has 1 N–H and O–H groups in total. The summed E-state index contributed by atoms with van der Waals surface area (Å²) >= 11 is 11.7. The maximum Gasteiger partial charge on any atom is 0.0819 e. The molecule has 0 radical (unpaired) electrons. The third kappa shape index (κ3) is 2.05. The molecule has 1 aromatic rings. The van der Waals surface area contributed by atoms with Crippen LogP contribution in [0.1, 0.15) is 30.9 Å². The Labute approximate surface area is 93.7 Å². The summed E-state index contributed by atoms with van der Waals surface area (Å²) in [6, 6.07) is 5.26. The Morgan fingerprint density at radius 3 is 2.14 bits per heavy atom. The average molecular weight is 231 g/mol. The molecule has 0 saturated heterocycles. The predicted octanol–water partition coefficient (Wildman–Crippen LogP) is 3.83. The molecule has 1 saturated carbocycles. The van der Waals surface area contributed by atoms with Crippen LogP contribution in [0.3, 0.4) is 0 Å². The van der Waals surface area contributed by atoms with Gasteiger partial charge in [0.2, 0.25) is 0 Å². The van der Waals surface area contributed by atoms with E-state index in [1.807, 2.05) is 0 Å². The van der Waals surface area contributed by atoms with Crippen LogP contribution in [-0.4, -0.2) is 5.11 Å². The zero-order valence-corrected chi connectivity index (χ0v) is 9.22. The van der Waals surface area contributed by atoms with Crippen LogP contribution in [0.15, 0.2) is 18.2 Å². The van der Waals surface area contributed by atoms with Crippen molar-refractivity contribution < 1.29 is 5.11 Å². The number of aliphatic hydroxyl groups excluding tert-OH is 1. The molecular formula is C11H12Cl2O. The summed E-state index contributed by atoms with van der Waals surface area (Å²) in [6.07, 6.45) is 3.02. The van der Waals surface area contributed by atoms with E-state index in [0.717, 1.165) is 18.4 Å². The van der Waals surface area contributed by atoms with Crippen LogP contribution in [0.2, 0.25) is 10.0 Å². The van der Waals surface area contributed by atoms with E-state index >= 15 is 0 Å². The highest BCUT2D eigenvalue weighted by atomic mass is 35.5. The summed E-state index contributed by atoms with van der Waals surface area (Å²) in [6.45, 7) is 0. The molecule has 0 heterocycles. The summed E-state index contributed by atoms with van der Waals surface area (Å²) in [4.78, 5) is 0. The fourth-order valence-electron chi connectivity index (χ4n) is 1.77. The fourth-order valence-corrected chi connectivity index (χ4v) is 2.32. The Bertz CT molecular complexity index is 314. The smallest absolute Gasteiger partial charge is 0.0819 e. The summed E-state index contributed by atoms with van der Waals surface area (Å²) in [5.41, 5.74) is 0.840. The molecule has 1 nitrogen and oxygen atoms in total. The highest BCUT2D eigenvalue weighted by Crippen LogP contribution is 2.38. The SMILES string of the molecule is OC(c1cc(Cl)cc(Cl)c1)C1CCC1. The van der Waals surface area contributed by atoms with Crippen molar-refractivity contribution in [3.05, 3.63) is 33.8 Å². The van der Waals surface area contributed by atoms with E-state index in [1.165, 1.54) is 6.42 Å². The Hall–Kier alpha value is -0.240. The van der Waals surface area contributed by atoms with Crippen LogP contribution in [-0.2, 0) is 0 Å². The van der Waals surface area contributed by atoms with Crippen molar-refractivity contribution in [1.82, 2.24) is 0 Å². The molecule has 1 aliphatic rings. The summed E-state index contributed by atoms with van der Waals surface area (Å²) < 4.78 is 0. The molecule has 0 aromatic heterocycles. The van der Waals surface area contributed by atoms with E-state index in [9.17, 15) is 5.11 Å². The number of halogens is 2. The van der Waals surface area contributed by atoms with E-state index in [4.69, 9.17) is 23.2 Å². The molecular weight excluding hydrogens is 219 g/mol. The van der Waals surface area contributed by atoms with Crippen LogP contribution in [0.5, 0.6) is 0 Å². The second-order valence-corrected chi connectivity index (χ2v) is 4.71. The van der Waals surface area contributed by atoms with Gasteiger partial charge in [-0.15, -0.1) is 0 Å². The largest absolute Gasteiger partial charge is 0.388 e. The van der Waals surface area contributed by atoms with E-state index in [2.05, 4.69) is 0 Å². The highest BCUT2D eigenvalue weighted by Gasteiger charge is 2.26. The predicted molar refractivity (Wildman–Crippen MR) is 58.8 cm³/mol. The summed E-state index contributed by atoms with van der Waals surface area (Å²) in [7, 11) is 0. The van der Waals surface area contributed by atoms with Gasteiger partial charge in [0.1, 0.15) is 0 Å². The Balaban J connectivity index is 2.21. The van der Waals surface area contributed by atoms with Gasteiger partial charge in [-0.3, -0.25) is 0 Å². The van der Waals surface area contributed by atoms with Crippen LogP contribution < -0.4 is 0 Å². The molecule has 1 aromatic carbocycles. The van der Waals surface area contributed by atoms with Gasteiger partial charge >= 0.3 is 0 Å². The minimum atomic E-state index is -0.403. The van der Waals surface area contributed by atoms with Crippen molar-refractivity contribution in [1.29, 1.82) is 0 Å². The third-order valence-electron chi connectivity index (χ3n) is 2.82. The molecule has 0 aliphatic heterocycles. The maximum atomic E-state index is 9.97. The van der Waals surface area contributed by atoms with Gasteiger partial charge in [0.15, 0.2) is 0 Å². The fraction of sp³-hybridized carbons (Fsp3) is 0.455. The zero-order valence-electron chi connectivity index (χ0n) is 7.71. The Kier molecular flexibility index (Phi) is 3.01. The number of aliphatic hydroxyl groups is 1. The molecule has 14 heavy (non-hydrogen) atoms. The number of hydrogen-bond donors (Lipinski definition) is 1. The second-order valence-electron chi connectivity index (χ2n) is 3.84. The van der Waals surface area contributed by atoms with Gasteiger partial charge in [0.05, 0.1) is 6.10 Å². The van der Waals surface area contributed by atoms with Crippen molar-refractivity contribution in [2.45, 2.75) is 25.4 Å². The first-order valence-electron chi connectivity index (χ1n) is 4.81. The molecule has 1 fully saturated rings. The van der Waals surface area contributed by atoms with Gasteiger partial charge in [-0.2, -0.15) is 0 Å². The van der Waals surface area contributed by atoms with E-state index in [1.54, 1.807) is 18.2 Å². The minimum Gasteiger partial charge on any atom is -0.388 e. The lowest BCUT2D eigenvalue weighted by molar-refractivity contribution is 0.0621. The molecule has 2 rings (SSSR count). The van der Waals surface area contributed by atoms with Crippen molar-refractivity contribution >= 4 is 23.2 Å². The van der Waals surface area contributed by atoms with Crippen LogP contribution in [0.4, 0.5) is 0 Å². The van der Waals surface area contributed by atoms with Crippen molar-refractivity contribution in [3.63, 3.8) is 0 Å². The number of benzene rings is 1. The molecule has 0 amide bonds. The lowest BCUT2D eigenvalue weighted by atomic mass is 9.79. The van der Waals surface area contributed by atoms with Crippen molar-refractivity contribution in [2.75, 3.05) is 0 Å². The average Bonchev–Trinajstić information content (AvgIpc) is 1.98. The third-order valence-corrected chi connectivity index (χ3v) is 3.26. The molecule has 1 atom stereocenters. The van der Waals surface area contributed by atoms with Gasteiger partial charge < -0.3 is 5.11 Å². The topological polar surface area (TPSA) is 20.2 Å². The lowest BCUT2D eigenvalue weighted by Crippen LogP contribution is -2.19. The van der Waals surface area contributed by atoms with Crippen molar-refractivity contribution in [3.8, 4) is 0 Å². The first-order valence-corrected chi connectivity index (χ1v) is 5.56. The monoisotopic (exact) mass is 230 g/mol. The summed E-state index contributed by atoms with van der Waals surface area (Å²) in [5, 5.41) is 11.1. The Morgan fingerprint density at radius 2 is 1.71 bits per heavy atom. The highest BCUT2D eigenvalue weighted by molar-refractivity contribution is 6.34. The standard InChI is InChI=1S/C11H12Cl2O/c12-9-4-8(5-10(13)6-9)11(14)7-2-1-3-7/h4-7,11,14H,1-3H2. The number of hydrogen-bond acceptors (Lipinski definition) is 1. The minimum absolute atomic E-state index is 0.393. The zero-order chi connectivity index (χ0) is 10.1. The first kappa shape index (κ1) is 10.3. The molecule has 76 valence electrons. The van der Waals surface area contributed by atoms with Gasteiger partial charge in [-0.05, 0) is 42.5 Å². The van der Waals surface area contributed by atoms with E-state index in [-0.39, 0.29) is 0 Å². The molecule has 0 bridgehead atoms. The molecule has 3 heteroatoms. The molecule has 1 aliphatic carbocycles. The lowest BCUT2D eigenvalue weighted by Gasteiger charge is -2.30.